The van der Waals surface area contributed by atoms with Crippen LogP contribution >= 0.6 is 0 Å². The number of hydrogen-bond donors (Lipinski definition) is 2. The predicted molar refractivity (Wildman–Crippen MR) is 143 cm³/mol. The molecule has 1 atom stereocenters. The summed E-state index contributed by atoms with van der Waals surface area (Å²) >= 11 is 0. The van der Waals surface area contributed by atoms with Gasteiger partial charge in [0.05, 0.1) is 0 Å². The second-order valence-corrected chi connectivity index (χ2v) is 8.94. The molecule has 1 heterocycles. The van der Waals surface area contributed by atoms with Crippen molar-refractivity contribution in [2.45, 2.75) is 32.6 Å². The van der Waals surface area contributed by atoms with Gasteiger partial charge in [0.2, 0.25) is 0 Å². The summed E-state index contributed by atoms with van der Waals surface area (Å²) in [7, 11) is 0. The van der Waals surface area contributed by atoms with E-state index in [0.717, 1.165) is 47.2 Å². The molecule has 4 rings (SSSR count). The second-order valence-electron chi connectivity index (χ2n) is 8.94. The number of hydrogen-bond acceptors (Lipinski definition) is 3. The van der Waals surface area contributed by atoms with E-state index >= 15 is 0 Å². The third kappa shape index (κ3) is 6.80. The van der Waals surface area contributed by atoms with E-state index in [1.807, 2.05) is 60.8 Å². The minimum Gasteiger partial charge on any atom is -0.508 e. The number of carbonyl (C=O) groups is 1. The highest BCUT2D eigenvalue weighted by Crippen LogP contribution is 2.32. The molecule has 2 aliphatic carbocycles. The van der Waals surface area contributed by atoms with Crippen LogP contribution in [0.5, 0.6) is 5.75 Å². The minimum absolute atomic E-state index is 0.0723. The Labute approximate surface area is 207 Å². The summed E-state index contributed by atoms with van der Waals surface area (Å²) in [6, 6.07) is 13.2. The molecule has 0 radical (unpaired) electrons. The summed E-state index contributed by atoms with van der Waals surface area (Å²) in [6.45, 7) is 2.66. The Morgan fingerprint density at radius 1 is 1.11 bits per heavy atom. The molecule has 0 saturated heterocycles. The lowest BCUT2D eigenvalue weighted by atomic mass is 9.88. The first-order chi connectivity index (χ1) is 17.1. The first kappa shape index (κ1) is 24.2. The molecule has 4 nitrogen and oxygen atoms in total. The van der Waals surface area contributed by atoms with Crippen molar-refractivity contribution >= 4 is 11.5 Å². The third-order valence-corrected chi connectivity index (χ3v) is 6.36. The van der Waals surface area contributed by atoms with Crippen LogP contribution < -0.4 is 5.32 Å². The van der Waals surface area contributed by atoms with Gasteiger partial charge in [-0.05, 0) is 84.2 Å². The van der Waals surface area contributed by atoms with Gasteiger partial charge in [0.15, 0.2) is 0 Å². The normalized spacial score (nSPS) is 16.3. The number of rotatable bonds is 8. The number of aromatic hydroxyl groups is 1. The minimum atomic E-state index is -0.0723. The smallest absolute Gasteiger partial charge is 0.251 e. The van der Waals surface area contributed by atoms with Gasteiger partial charge < -0.3 is 10.4 Å². The number of phenolic OH excluding ortho intramolecular Hbond substituents is 1. The fraction of sp³-hybridized carbons (Fsp3) is 0.226. The van der Waals surface area contributed by atoms with Crippen molar-refractivity contribution in [2.75, 3.05) is 6.54 Å². The highest BCUT2D eigenvalue weighted by atomic mass is 16.3. The monoisotopic (exact) mass is 464 g/mol. The van der Waals surface area contributed by atoms with Crippen LogP contribution in [0, 0.1) is 5.92 Å². The van der Waals surface area contributed by atoms with Crippen molar-refractivity contribution in [1.82, 2.24) is 10.3 Å². The molecule has 1 aromatic heterocycles. The summed E-state index contributed by atoms with van der Waals surface area (Å²) in [6.07, 6.45) is 21.6. The quantitative estimate of drug-likeness (QED) is 0.485. The van der Waals surface area contributed by atoms with Crippen molar-refractivity contribution < 1.29 is 9.90 Å². The van der Waals surface area contributed by atoms with E-state index in [0.29, 0.717) is 18.5 Å². The number of allylic oxidation sites excluding steroid dienone is 8. The molecular formula is C31H32N2O2. The Hall–Kier alpha value is -3.92. The van der Waals surface area contributed by atoms with Gasteiger partial charge in [0.1, 0.15) is 5.75 Å². The topological polar surface area (TPSA) is 62.2 Å². The number of carbonyl (C=O) groups excluding carboxylic acids is 1. The standard InChI is InChI=1S/C31H32N2O2/c1-23(14-17-27-12-6-7-20-32-27)29-18-15-25(26-11-8-13-28(34)21-26)16-19-30(29)31(35)33-22-24-9-4-2-3-5-10-24/h2,4-13,16,18-21,23,34H,3,14-15,17,22H2,1H3,(H,33,35). The zero-order valence-electron chi connectivity index (χ0n) is 20.2. The lowest BCUT2D eigenvalue weighted by Gasteiger charge is -2.19. The first-order valence-corrected chi connectivity index (χ1v) is 12.2. The highest BCUT2D eigenvalue weighted by molar-refractivity contribution is 5.99. The molecule has 2 aliphatic rings. The largest absolute Gasteiger partial charge is 0.508 e. The first-order valence-electron chi connectivity index (χ1n) is 12.2. The summed E-state index contributed by atoms with van der Waals surface area (Å²) < 4.78 is 0. The molecule has 4 heteroatoms. The zero-order chi connectivity index (χ0) is 24.5. The van der Waals surface area contributed by atoms with Crippen LogP contribution in [-0.2, 0) is 11.2 Å². The van der Waals surface area contributed by atoms with Crippen molar-refractivity contribution in [2.24, 2.45) is 5.92 Å². The molecule has 2 N–H and O–H groups in total. The SMILES string of the molecule is CC(CCc1ccccn1)C1=CCC(c2cccc(O)c2)=CC=C1C(=O)NCC1=CC=CCC=C1. The van der Waals surface area contributed by atoms with E-state index in [1.165, 1.54) is 0 Å². The number of nitrogens with zero attached hydrogens (tertiary/aromatic N) is 1. The summed E-state index contributed by atoms with van der Waals surface area (Å²) in [5, 5.41) is 13.1. The molecule has 0 spiro atoms. The lowest BCUT2D eigenvalue weighted by Crippen LogP contribution is -2.28. The van der Waals surface area contributed by atoms with Crippen LogP contribution in [0.4, 0.5) is 0 Å². The summed E-state index contributed by atoms with van der Waals surface area (Å²) in [5.41, 5.74) is 5.91. The number of aryl methyl sites for hydroxylation is 1. The zero-order valence-corrected chi connectivity index (χ0v) is 20.2. The molecule has 1 unspecified atom stereocenters. The van der Waals surface area contributed by atoms with E-state index in [-0.39, 0.29) is 17.6 Å². The van der Waals surface area contributed by atoms with Crippen molar-refractivity contribution in [1.29, 1.82) is 0 Å². The van der Waals surface area contributed by atoms with Crippen LogP contribution in [0.2, 0.25) is 0 Å². The molecule has 0 aliphatic heterocycles. The number of nitrogens with one attached hydrogen (secondary N) is 1. The number of pyridine rings is 1. The van der Waals surface area contributed by atoms with Gasteiger partial charge in [-0.3, -0.25) is 9.78 Å². The maximum Gasteiger partial charge on any atom is 0.251 e. The molecule has 2 aromatic rings. The second kappa shape index (κ2) is 12.0. The number of aromatic nitrogens is 1. The maximum atomic E-state index is 13.4. The average molecular weight is 465 g/mol. The van der Waals surface area contributed by atoms with E-state index in [1.54, 1.807) is 12.1 Å². The predicted octanol–water partition coefficient (Wildman–Crippen LogP) is 6.25. The lowest BCUT2D eigenvalue weighted by molar-refractivity contribution is -0.117. The fourth-order valence-corrected chi connectivity index (χ4v) is 4.36. The van der Waals surface area contributed by atoms with E-state index in [9.17, 15) is 9.90 Å². The summed E-state index contributed by atoms with van der Waals surface area (Å²) in [5.74, 6) is 0.351. The van der Waals surface area contributed by atoms with Gasteiger partial charge in [-0.15, -0.1) is 0 Å². The van der Waals surface area contributed by atoms with Gasteiger partial charge >= 0.3 is 0 Å². The third-order valence-electron chi connectivity index (χ3n) is 6.36. The number of benzene rings is 1. The Kier molecular flexibility index (Phi) is 8.29. The summed E-state index contributed by atoms with van der Waals surface area (Å²) in [4.78, 5) is 17.8. The molecule has 1 amide bonds. The van der Waals surface area contributed by atoms with Gasteiger partial charge in [-0.25, -0.2) is 0 Å². The molecular weight excluding hydrogens is 432 g/mol. The number of phenols is 1. The molecule has 178 valence electrons. The van der Waals surface area contributed by atoms with E-state index in [2.05, 4.69) is 41.5 Å². The van der Waals surface area contributed by atoms with Crippen LogP contribution in [0.25, 0.3) is 5.57 Å². The van der Waals surface area contributed by atoms with Crippen molar-refractivity contribution in [3.63, 3.8) is 0 Å². The molecule has 1 aromatic carbocycles. The highest BCUT2D eigenvalue weighted by Gasteiger charge is 2.21. The average Bonchev–Trinajstić information content (AvgIpc) is 3.28. The van der Waals surface area contributed by atoms with E-state index in [4.69, 9.17) is 0 Å². The van der Waals surface area contributed by atoms with Crippen LogP contribution in [-0.4, -0.2) is 22.5 Å². The maximum absolute atomic E-state index is 13.4. The van der Waals surface area contributed by atoms with Gasteiger partial charge in [0, 0.05) is 24.0 Å². The van der Waals surface area contributed by atoms with Crippen LogP contribution in [0.1, 0.15) is 37.4 Å². The van der Waals surface area contributed by atoms with Gasteiger partial charge in [0.25, 0.3) is 5.91 Å². The Morgan fingerprint density at radius 3 is 2.86 bits per heavy atom. The molecule has 0 saturated carbocycles. The Bertz CT molecular complexity index is 1230. The fourth-order valence-electron chi connectivity index (χ4n) is 4.36. The van der Waals surface area contributed by atoms with Gasteiger partial charge in [-0.1, -0.05) is 67.7 Å². The molecule has 35 heavy (non-hydrogen) atoms. The molecule has 0 fully saturated rings. The van der Waals surface area contributed by atoms with Crippen LogP contribution in [0.3, 0.4) is 0 Å². The van der Waals surface area contributed by atoms with Crippen molar-refractivity contribution in [3.8, 4) is 5.75 Å². The van der Waals surface area contributed by atoms with E-state index < -0.39 is 0 Å². The number of amides is 1. The Balaban J connectivity index is 1.56. The van der Waals surface area contributed by atoms with Crippen molar-refractivity contribution in [3.05, 3.63) is 125 Å². The van der Waals surface area contributed by atoms with Gasteiger partial charge in [-0.2, -0.15) is 0 Å². The molecule has 0 bridgehead atoms. The van der Waals surface area contributed by atoms with Crippen LogP contribution in [0.15, 0.2) is 114 Å². The Morgan fingerprint density at radius 2 is 2.03 bits per heavy atom.